The molecule has 0 saturated carbocycles. The van der Waals surface area contributed by atoms with E-state index in [1.54, 1.807) is 6.33 Å². The molecule has 0 atom stereocenters. The Morgan fingerprint density at radius 3 is 2.55 bits per heavy atom. The largest absolute Gasteiger partial charge is 0.486 e. The first-order chi connectivity index (χ1) is 16.0. The third kappa shape index (κ3) is 5.61. The van der Waals surface area contributed by atoms with Crippen molar-refractivity contribution in [3.8, 4) is 22.8 Å². The molecular weight excluding hydrogens is 418 g/mol. The molecule has 4 rings (SSSR count). The summed E-state index contributed by atoms with van der Waals surface area (Å²) in [5.41, 5.74) is 6.06. The van der Waals surface area contributed by atoms with Crippen LogP contribution < -0.4 is 14.8 Å². The number of carboxylic acid groups (broad SMARTS) is 1. The van der Waals surface area contributed by atoms with Crippen molar-refractivity contribution in [1.82, 2.24) is 9.97 Å². The summed E-state index contributed by atoms with van der Waals surface area (Å²) in [6.07, 6.45) is 4.20. The van der Waals surface area contributed by atoms with Gasteiger partial charge in [0, 0.05) is 18.2 Å². The minimum Gasteiger partial charge on any atom is -0.486 e. The van der Waals surface area contributed by atoms with Crippen LogP contribution in [0, 0.1) is 6.92 Å². The highest BCUT2D eigenvalue weighted by Crippen LogP contribution is 2.33. The van der Waals surface area contributed by atoms with E-state index in [1.807, 2.05) is 30.3 Å². The lowest BCUT2D eigenvalue weighted by Gasteiger charge is -2.20. The van der Waals surface area contributed by atoms with E-state index in [9.17, 15) is 9.90 Å². The number of benzene rings is 2. The van der Waals surface area contributed by atoms with Gasteiger partial charge in [0.25, 0.3) is 0 Å². The topological polar surface area (TPSA) is 93.6 Å². The Bertz CT molecular complexity index is 1150. The molecule has 7 heteroatoms. The monoisotopic (exact) mass is 447 g/mol. The van der Waals surface area contributed by atoms with Gasteiger partial charge in [-0.2, -0.15) is 0 Å². The first-order valence-electron chi connectivity index (χ1n) is 11.3. The van der Waals surface area contributed by atoms with Crippen LogP contribution in [0.25, 0.3) is 11.3 Å². The molecule has 0 bridgehead atoms. The number of hydrogen-bond donors (Lipinski definition) is 2. The molecular formula is C26H29N3O4. The van der Waals surface area contributed by atoms with Gasteiger partial charge in [-0.05, 0) is 60.2 Å². The van der Waals surface area contributed by atoms with Crippen molar-refractivity contribution in [2.45, 2.75) is 39.5 Å². The van der Waals surface area contributed by atoms with Crippen molar-refractivity contribution in [2.75, 3.05) is 25.1 Å². The minimum absolute atomic E-state index is 0.0332. The molecule has 33 heavy (non-hydrogen) atoms. The van der Waals surface area contributed by atoms with E-state index in [4.69, 9.17) is 9.47 Å². The van der Waals surface area contributed by atoms with Crippen LogP contribution in [-0.2, 0) is 24.1 Å². The number of carboxylic acids is 1. The number of rotatable bonds is 9. The molecule has 172 valence electrons. The Morgan fingerprint density at radius 2 is 1.79 bits per heavy atom. The molecule has 1 aromatic heterocycles. The van der Waals surface area contributed by atoms with Crippen molar-refractivity contribution < 1.29 is 19.4 Å². The predicted molar refractivity (Wildman–Crippen MR) is 127 cm³/mol. The standard InChI is InChI=1S/C26H29N3O4/c1-3-4-19-12-21(6-5-20(19)14-26(30)31)22-15-25(29-16-28-22)27-8-7-18-13-24-23(11-17(18)2)32-9-10-33-24/h5-6,11-13,15-16H,3-4,7-10,14H2,1-2H3,(H,30,31)(H,27,28,29). The van der Waals surface area contributed by atoms with Gasteiger partial charge in [0.1, 0.15) is 25.4 Å². The van der Waals surface area contributed by atoms with Crippen LogP contribution in [-0.4, -0.2) is 40.8 Å². The summed E-state index contributed by atoms with van der Waals surface area (Å²) in [5, 5.41) is 12.6. The average Bonchev–Trinajstić information content (AvgIpc) is 2.80. The van der Waals surface area contributed by atoms with Crippen molar-refractivity contribution in [3.05, 3.63) is 65.0 Å². The molecule has 0 spiro atoms. The number of anilines is 1. The Morgan fingerprint density at radius 1 is 1.00 bits per heavy atom. The van der Waals surface area contributed by atoms with Crippen LogP contribution in [0.5, 0.6) is 11.5 Å². The second-order valence-electron chi connectivity index (χ2n) is 8.19. The number of aromatic nitrogens is 2. The fraction of sp³-hybridized carbons (Fsp3) is 0.346. The Hall–Kier alpha value is -3.61. The van der Waals surface area contributed by atoms with E-state index in [0.29, 0.717) is 13.2 Å². The second kappa shape index (κ2) is 10.3. The van der Waals surface area contributed by atoms with Gasteiger partial charge in [-0.3, -0.25) is 4.79 Å². The molecule has 0 saturated heterocycles. The van der Waals surface area contributed by atoms with Gasteiger partial charge in [0.2, 0.25) is 0 Å². The van der Waals surface area contributed by atoms with Crippen LogP contribution in [0.15, 0.2) is 42.7 Å². The third-order valence-electron chi connectivity index (χ3n) is 5.73. The lowest BCUT2D eigenvalue weighted by Crippen LogP contribution is -2.16. The van der Waals surface area contributed by atoms with E-state index in [-0.39, 0.29) is 6.42 Å². The molecule has 2 aromatic carbocycles. The maximum atomic E-state index is 11.2. The zero-order valence-corrected chi connectivity index (χ0v) is 19.1. The zero-order valence-electron chi connectivity index (χ0n) is 19.1. The molecule has 2 heterocycles. The van der Waals surface area contributed by atoms with Crippen molar-refractivity contribution in [2.24, 2.45) is 0 Å². The molecule has 1 aliphatic heterocycles. The summed E-state index contributed by atoms with van der Waals surface area (Å²) in [6.45, 7) is 6.06. The van der Waals surface area contributed by atoms with Crippen LogP contribution in [0.1, 0.15) is 35.6 Å². The van der Waals surface area contributed by atoms with Crippen LogP contribution in [0.4, 0.5) is 5.82 Å². The Balaban J connectivity index is 1.45. The minimum atomic E-state index is -0.818. The molecule has 0 amide bonds. The van der Waals surface area contributed by atoms with Crippen LogP contribution >= 0.6 is 0 Å². The average molecular weight is 448 g/mol. The predicted octanol–water partition coefficient (Wildman–Crippen LogP) is 4.46. The van der Waals surface area contributed by atoms with E-state index >= 15 is 0 Å². The SMILES string of the molecule is CCCc1cc(-c2cc(NCCc3cc4c(cc3C)OCCO4)ncn2)ccc1CC(=O)O. The van der Waals surface area contributed by atoms with E-state index in [2.05, 4.69) is 35.2 Å². The van der Waals surface area contributed by atoms with Gasteiger partial charge in [0.15, 0.2) is 11.5 Å². The fourth-order valence-electron chi connectivity index (χ4n) is 4.06. The summed E-state index contributed by atoms with van der Waals surface area (Å²) in [7, 11) is 0. The van der Waals surface area contributed by atoms with Gasteiger partial charge in [-0.1, -0.05) is 25.5 Å². The quantitative estimate of drug-likeness (QED) is 0.500. The van der Waals surface area contributed by atoms with Gasteiger partial charge in [-0.15, -0.1) is 0 Å². The number of aryl methyl sites for hydroxylation is 2. The van der Waals surface area contributed by atoms with Gasteiger partial charge in [0.05, 0.1) is 12.1 Å². The van der Waals surface area contributed by atoms with E-state index in [1.165, 1.54) is 11.1 Å². The Labute approximate surface area is 193 Å². The van der Waals surface area contributed by atoms with Crippen LogP contribution in [0.2, 0.25) is 0 Å². The summed E-state index contributed by atoms with van der Waals surface area (Å²) in [6, 6.07) is 11.9. The highest BCUT2D eigenvalue weighted by atomic mass is 16.6. The maximum Gasteiger partial charge on any atom is 0.307 e. The summed E-state index contributed by atoms with van der Waals surface area (Å²) in [4.78, 5) is 20.0. The molecule has 0 fully saturated rings. The lowest BCUT2D eigenvalue weighted by molar-refractivity contribution is -0.136. The molecule has 2 N–H and O–H groups in total. The lowest BCUT2D eigenvalue weighted by atomic mass is 9.97. The first-order valence-corrected chi connectivity index (χ1v) is 11.3. The molecule has 0 radical (unpaired) electrons. The van der Waals surface area contributed by atoms with Crippen molar-refractivity contribution in [1.29, 1.82) is 0 Å². The number of nitrogens with one attached hydrogen (secondary N) is 1. The molecule has 1 aliphatic rings. The Kier molecular flexibility index (Phi) is 7.07. The third-order valence-corrected chi connectivity index (χ3v) is 5.73. The molecule has 0 unspecified atom stereocenters. The molecule has 7 nitrogen and oxygen atoms in total. The van der Waals surface area contributed by atoms with Gasteiger partial charge >= 0.3 is 5.97 Å². The highest BCUT2D eigenvalue weighted by Gasteiger charge is 2.14. The number of carbonyl (C=O) groups is 1. The molecule has 3 aromatic rings. The number of nitrogens with zero attached hydrogens (tertiary/aromatic N) is 2. The van der Waals surface area contributed by atoms with Gasteiger partial charge in [-0.25, -0.2) is 9.97 Å². The fourth-order valence-corrected chi connectivity index (χ4v) is 4.06. The number of hydrogen-bond acceptors (Lipinski definition) is 6. The van der Waals surface area contributed by atoms with Gasteiger partial charge < -0.3 is 19.9 Å². The normalized spacial score (nSPS) is 12.4. The summed E-state index contributed by atoms with van der Waals surface area (Å²) >= 11 is 0. The number of aliphatic carboxylic acids is 1. The first kappa shape index (κ1) is 22.6. The highest BCUT2D eigenvalue weighted by molar-refractivity contribution is 5.72. The maximum absolute atomic E-state index is 11.2. The number of fused-ring (bicyclic) bond motifs is 1. The smallest absolute Gasteiger partial charge is 0.307 e. The second-order valence-corrected chi connectivity index (χ2v) is 8.19. The summed E-state index contributed by atoms with van der Waals surface area (Å²) in [5.74, 6) is 1.55. The molecule has 0 aliphatic carbocycles. The van der Waals surface area contributed by atoms with Crippen molar-refractivity contribution >= 4 is 11.8 Å². The van der Waals surface area contributed by atoms with E-state index in [0.717, 1.165) is 65.5 Å². The zero-order chi connectivity index (χ0) is 23.2. The van der Waals surface area contributed by atoms with E-state index < -0.39 is 5.97 Å². The summed E-state index contributed by atoms with van der Waals surface area (Å²) < 4.78 is 11.4. The van der Waals surface area contributed by atoms with Crippen molar-refractivity contribution in [3.63, 3.8) is 0 Å². The van der Waals surface area contributed by atoms with Crippen LogP contribution in [0.3, 0.4) is 0 Å². The number of ether oxygens (including phenoxy) is 2.